The van der Waals surface area contributed by atoms with Crippen LogP contribution >= 0.6 is 0 Å². The molecular weight excluding hydrogens is 286 g/mol. The second-order valence-electron chi connectivity index (χ2n) is 4.94. The third kappa shape index (κ3) is 2.78. The van der Waals surface area contributed by atoms with E-state index in [4.69, 9.17) is 9.84 Å². The third-order valence-corrected chi connectivity index (χ3v) is 3.34. The first kappa shape index (κ1) is 14.1. The lowest BCUT2D eigenvalue weighted by molar-refractivity contribution is -0.137. The summed E-state index contributed by atoms with van der Waals surface area (Å²) in [6.45, 7) is 0.407. The van der Waals surface area contributed by atoms with Gasteiger partial charge in [0, 0.05) is 18.7 Å². The molecule has 0 amide bonds. The van der Waals surface area contributed by atoms with Crippen LogP contribution in [0.4, 0.5) is 0 Å². The van der Waals surface area contributed by atoms with Crippen molar-refractivity contribution in [3.05, 3.63) is 40.8 Å². The van der Waals surface area contributed by atoms with Gasteiger partial charge in [0.15, 0.2) is 5.65 Å². The van der Waals surface area contributed by atoms with Gasteiger partial charge in [0.2, 0.25) is 5.88 Å². The number of nitrogens with zero attached hydrogens (tertiary/aromatic N) is 2. The van der Waals surface area contributed by atoms with Gasteiger partial charge in [-0.2, -0.15) is 4.98 Å². The van der Waals surface area contributed by atoms with Crippen molar-refractivity contribution < 1.29 is 14.6 Å². The van der Waals surface area contributed by atoms with Crippen LogP contribution in [0.2, 0.25) is 0 Å². The van der Waals surface area contributed by atoms with Gasteiger partial charge in [-0.15, -0.1) is 0 Å². The maximum absolute atomic E-state index is 11.9. The van der Waals surface area contributed by atoms with Crippen LogP contribution in [-0.4, -0.2) is 32.1 Å². The van der Waals surface area contributed by atoms with E-state index in [0.717, 1.165) is 0 Å². The average Bonchev–Trinajstić information content (AvgIpc) is 2.97. The Labute approximate surface area is 125 Å². The standard InChI is InChI=1S/C15H15N3O4/c19-13(20)5-1-2-9-22-12-7-6-10-14(17-12)18-8-3-4-11(18)15(21)16-10/h3-4,6-8H,1-2,5,9H2,(H,16,21)(H,19,20). The number of rotatable bonds is 6. The molecule has 0 saturated carbocycles. The predicted octanol–water partition coefficient (Wildman–Crippen LogP) is 1.81. The molecule has 0 aromatic carbocycles. The number of carboxylic acids is 1. The quantitative estimate of drug-likeness (QED) is 0.677. The fourth-order valence-corrected chi connectivity index (χ4v) is 2.28. The normalized spacial score (nSPS) is 11.1. The fraction of sp³-hybridized carbons (Fsp3) is 0.267. The molecule has 0 atom stereocenters. The maximum Gasteiger partial charge on any atom is 0.303 e. The summed E-state index contributed by atoms with van der Waals surface area (Å²) in [5, 5.41) is 8.57. The van der Waals surface area contributed by atoms with Gasteiger partial charge in [-0.25, -0.2) is 0 Å². The van der Waals surface area contributed by atoms with Crippen LogP contribution < -0.4 is 10.3 Å². The smallest absolute Gasteiger partial charge is 0.303 e. The largest absolute Gasteiger partial charge is 0.481 e. The predicted molar refractivity (Wildman–Crippen MR) is 80.3 cm³/mol. The van der Waals surface area contributed by atoms with Gasteiger partial charge in [-0.3, -0.25) is 14.0 Å². The van der Waals surface area contributed by atoms with Crippen molar-refractivity contribution in [2.75, 3.05) is 6.61 Å². The molecule has 0 radical (unpaired) electrons. The molecule has 0 aliphatic heterocycles. The summed E-state index contributed by atoms with van der Waals surface area (Å²) in [6, 6.07) is 6.94. The zero-order valence-corrected chi connectivity index (χ0v) is 11.8. The topological polar surface area (TPSA) is 96.7 Å². The van der Waals surface area contributed by atoms with E-state index in [1.807, 2.05) is 0 Å². The lowest BCUT2D eigenvalue weighted by atomic mass is 10.2. The van der Waals surface area contributed by atoms with Crippen molar-refractivity contribution in [1.29, 1.82) is 0 Å². The molecule has 2 N–H and O–H groups in total. The molecule has 0 bridgehead atoms. The molecule has 7 nitrogen and oxygen atoms in total. The summed E-state index contributed by atoms with van der Waals surface area (Å²) < 4.78 is 7.26. The van der Waals surface area contributed by atoms with Crippen LogP contribution in [-0.2, 0) is 4.79 Å². The summed E-state index contributed by atoms with van der Waals surface area (Å²) in [7, 11) is 0. The van der Waals surface area contributed by atoms with E-state index in [1.165, 1.54) is 0 Å². The molecule has 0 unspecified atom stereocenters. The number of H-pyrrole nitrogens is 1. The number of unbranched alkanes of at least 4 members (excludes halogenated alkanes) is 1. The maximum atomic E-state index is 11.9. The minimum Gasteiger partial charge on any atom is -0.481 e. The number of hydrogen-bond donors (Lipinski definition) is 2. The number of carbonyl (C=O) groups is 1. The summed E-state index contributed by atoms with van der Waals surface area (Å²) in [5.41, 5.74) is 1.61. The first-order valence-corrected chi connectivity index (χ1v) is 7.00. The number of pyridine rings is 1. The number of aromatic amines is 1. The van der Waals surface area contributed by atoms with E-state index in [-0.39, 0.29) is 12.0 Å². The highest BCUT2D eigenvalue weighted by molar-refractivity contribution is 5.74. The number of fused-ring (bicyclic) bond motifs is 3. The van der Waals surface area contributed by atoms with Gasteiger partial charge in [0.1, 0.15) is 5.52 Å². The Kier molecular flexibility index (Phi) is 3.78. The molecule has 3 aromatic heterocycles. The summed E-state index contributed by atoms with van der Waals surface area (Å²) in [5.74, 6) is -0.354. The summed E-state index contributed by atoms with van der Waals surface area (Å²) >= 11 is 0. The monoisotopic (exact) mass is 301 g/mol. The van der Waals surface area contributed by atoms with Gasteiger partial charge in [-0.1, -0.05) is 0 Å². The number of carboxylic acid groups (broad SMARTS) is 1. The molecule has 0 saturated heterocycles. The molecule has 0 spiro atoms. The molecule has 114 valence electrons. The lowest BCUT2D eigenvalue weighted by Gasteiger charge is -2.07. The Morgan fingerprint density at radius 3 is 3.00 bits per heavy atom. The molecule has 3 heterocycles. The van der Waals surface area contributed by atoms with Crippen LogP contribution in [0.25, 0.3) is 16.7 Å². The Bertz CT molecular complexity index is 881. The number of ether oxygens (including phenoxy) is 1. The van der Waals surface area contributed by atoms with Crippen molar-refractivity contribution >= 4 is 22.6 Å². The fourth-order valence-electron chi connectivity index (χ4n) is 2.28. The van der Waals surface area contributed by atoms with Crippen molar-refractivity contribution in [3.63, 3.8) is 0 Å². The van der Waals surface area contributed by atoms with Gasteiger partial charge >= 0.3 is 5.97 Å². The summed E-state index contributed by atoms with van der Waals surface area (Å²) in [4.78, 5) is 29.5. The molecule has 7 heteroatoms. The summed E-state index contributed by atoms with van der Waals surface area (Å²) in [6.07, 6.45) is 3.13. The molecule has 0 aliphatic rings. The van der Waals surface area contributed by atoms with E-state index in [1.54, 1.807) is 34.9 Å². The van der Waals surface area contributed by atoms with Crippen LogP contribution in [0.5, 0.6) is 5.88 Å². The minimum absolute atomic E-state index is 0.139. The van der Waals surface area contributed by atoms with E-state index < -0.39 is 5.97 Å². The Hall–Kier alpha value is -2.83. The van der Waals surface area contributed by atoms with Gasteiger partial charge < -0.3 is 14.8 Å². The number of aliphatic carboxylic acids is 1. The highest BCUT2D eigenvalue weighted by atomic mass is 16.5. The van der Waals surface area contributed by atoms with Crippen LogP contribution in [0.15, 0.2) is 35.3 Å². The van der Waals surface area contributed by atoms with Crippen molar-refractivity contribution in [2.24, 2.45) is 0 Å². The third-order valence-electron chi connectivity index (χ3n) is 3.34. The highest BCUT2D eigenvalue weighted by Crippen LogP contribution is 2.15. The Balaban J connectivity index is 1.79. The van der Waals surface area contributed by atoms with Crippen LogP contribution in [0, 0.1) is 0 Å². The lowest BCUT2D eigenvalue weighted by Crippen LogP contribution is -2.10. The van der Waals surface area contributed by atoms with E-state index in [9.17, 15) is 9.59 Å². The molecule has 3 rings (SSSR count). The molecule has 0 aliphatic carbocycles. The highest BCUT2D eigenvalue weighted by Gasteiger charge is 2.07. The van der Waals surface area contributed by atoms with E-state index >= 15 is 0 Å². The SMILES string of the molecule is O=C(O)CCCCOc1ccc2[nH]c(=O)c3cccn3c2n1. The zero-order chi connectivity index (χ0) is 15.5. The number of hydrogen-bond acceptors (Lipinski definition) is 4. The molecule has 22 heavy (non-hydrogen) atoms. The Morgan fingerprint density at radius 2 is 2.18 bits per heavy atom. The molecule has 0 fully saturated rings. The second kappa shape index (κ2) is 5.88. The van der Waals surface area contributed by atoms with Crippen molar-refractivity contribution in [1.82, 2.24) is 14.4 Å². The van der Waals surface area contributed by atoms with Gasteiger partial charge in [-0.05, 0) is 31.0 Å². The van der Waals surface area contributed by atoms with Crippen molar-refractivity contribution in [3.8, 4) is 5.88 Å². The molecular formula is C15H15N3O4. The zero-order valence-electron chi connectivity index (χ0n) is 11.8. The number of aromatic nitrogens is 3. The van der Waals surface area contributed by atoms with E-state index in [0.29, 0.717) is 42.0 Å². The first-order chi connectivity index (χ1) is 10.6. The van der Waals surface area contributed by atoms with Crippen LogP contribution in [0.3, 0.4) is 0 Å². The number of nitrogens with one attached hydrogen (secondary N) is 1. The van der Waals surface area contributed by atoms with Gasteiger partial charge in [0.05, 0.1) is 12.1 Å². The van der Waals surface area contributed by atoms with E-state index in [2.05, 4.69) is 9.97 Å². The molecule has 3 aromatic rings. The average molecular weight is 301 g/mol. The van der Waals surface area contributed by atoms with Crippen LogP contribution in [0.1, 0.15) is 19.3 Å². The second-order valence-corrected chi connectivity index (χ2v) is 4.94. The first-order valence-electron chi connectivity index (χ1n) is 7.00. The van der Waals surface area contributed by atoms with Crippen molar-refractivity contribution in [2.45, 2.75) is 19.3 Å². The minimum atomic E-state index is -0.803. The van der Waals surface area contributed by atoms with Gasteiger partial charge in [0.25, 0.3) is 5.56 Å². The Morgan fingerprint density at radius 1 is 1.32 bits per heavy atom.